The van der Waals surface area contributed by atoms with E-state index in [2.05, 4.69) is 0 Å². The fraction of sp³-hybridized carbons (Fsp3) is 0.300. The third-order valence-corrected chi connectivity index (χ3v) is 2.27. The zero-order valence-electron chi connectivity index (χ0n) is 7.13. The maximum absolute atomic E-state index is 11.2. The Morgan fingerprint density at radius 3 is 2.83 bits per heavy atom. The van der Waals surface area contributed by atoms with Gasteiger partial charge in [0.2, 0.25) is 0 Å². The molecule has 0 saturated carbocycles. The minimum atomic E-state index is -0.140. The van der Waals surface area contributed by atoms with Crippen LogP contribution < -0.4 is 4.74 Å². The van der Waals surface area contributed by atoms with Gasteiger partial charge in [0.15, 0.2) is 0 Å². The molecule has 1 unspecified atom stereocenters. The monoisotopic (exact) mass is 162 g/mol. The van der Waals surface area contributed by atoms with Gasteiger partial charge in [0.05, 0.1) is 5.92 Å². The van der Waals surface area contributed by atoms with Crippen molar-refractivity contribution in [3.05, 3.63) is 29.3 Å². The summed E-state index contributed by atoms with van der Waals surface area (Å²) in [7, 11) is 0. The van der Waals surface area contributed by atoms with E-state index in [0.717, 1.165) is 16.9 Å². The number of esters is 1. The third kappa shape index (κ3) is 0.843. The van der Waals surface area contributed by atoms with Crippen LogP contribution in [0.1, 0.15) is 24.0 Å². The van der Waals surface area contributed by atoms with E-state index in [0.29, 0.717) is 0 Å². The van der Waals surface area contributed by atoms with Crippen LogP contribution in [0.5, 0.6) is 5.75 Å². The standard InChI is InChI=1S/C10H10O2/c1-6-4-3-5-8-7(2)10(11)12-9(6)8/h3-5,7H,1-2H3. The van der Waals surface area contributed by atoms with E-state index in [1.54, 1.807) is 0 Å². The van der Waals surface area contributed by atoms with Crippen LogP contribution in [0.4, 0.5) is 0 Å². The van der Waals surface area contributed by atoms with Crippen LogP contribution in [0.25, 0.3) is 0 Å². The second-order valence-electron chi connectivity index (χ2n) is 3.14. The lowest BCUT2D eigenvalue weighted by Gasteiger charge is -2.00. The van der Waals surface area contributed by atoms with Crippen molar-refractivity contribution in [2.45, 2.75) is 19.8 Å². The topological polar surface area (TPSA) is 26.3 Å². The first kappa shape index (κ1) is 7.35. The second kappa shape index (κ2) is 2.34. The molecule has 0 aromatic heterocycles. The molecule has 1 aromatic carbocycles. The normalized spacial score (nSPS) is 20.5. The van der Waals surface area contributed by atoms with Crippen molar-refractivity contribution in [2.75, 3.05) is 0 Å². The Morgan fingerprint density at radius 1 is 1.42 bits per heavy atom. The van der Waals surface area contributed by atoms with E-state index in [9.17, 15) is 4.79 Å². The van der Waals surface area contributed by atoms with Gasteiger partial charge in [0, 0.05) is 5.56 Å². The summed E-state index contributed by atoms with van der Waals surface area (Å²) in [5.41, 5.74) is 2.05. The van der Waals surface area contributed by atoms with E-state index in [1.165, 1.54) is 0 Å². The lowest BCUT2D eigenvalue weighted by atomic mass is 10.0. The molecule has 1 atom stereocenters. The number of para-hydroxylation sites is 1. The largest absolute Gasteiger partial charge is 0.425 e. The third-order valence-electron chi connectivity index (χ3n) is 2.27. The molecule has 0 N–H and O–H groups in total. The molecule has 62 valence electrons. The number of ether oxygens (including phenoxy) is 1. The first-order valence-corrected chi connectivity index (χ1v) is 4.01. The Labute approximate surface area is 71.2 Å². The van der Waals surface area contributed by atoms with Crippen LogP contribution in [-0.4, -0.2) is 5.97 Å². The van der Waals surface area contributed by atoms with Crippen molar-refractivity contribution in [3.8, 4) is 5.75 Å². The van der Waals surface area contributed by atoms with Crippen LogP contribution in [0.2, 0.25) is 0 Å². The molecule has 1 heterocycles. The van der Waals surface area contributed by atoms with Crippen molar-refractivity contribution in [1.82, 2.24) is 0 Å². The number of hydrogen-bond donors (Lipinski definition) is 0. The highest BCUT2D eigenvalue weighted by atomic mass is 16.5. The van der Waals surface area contributed by atoms with Crippen molar-refractivity contribution in [2.24, 2.45) is 0 Å². The summed E-state index contributed by atoms with van der Waals surface area (Å²) in [6.07, 6.45) is 0. The van der Waals surface area contributed by atoms with Crippen molar-refractivity contribution in [1.29, 1.82) is 0 Å². The van der Waals surface area contributed by atoms with Crippen molar-refractivity contribution >= 4 is 5.97 Å². The Morgan fingerprint density at radius 2 is 2.17 bits per heavy atom. The average molecular weight is 162 g/mol. The Hall–Kier alpha value is -1.31. The van der Waals surface area contributed by atoms with Crippen LogP contribution in [0, 0.1) is 6.92 Å². The first-order valence-electron chi connectivity index (χ1n) is 4.01. The summed E-state index contributed by atoms with van der Waals surface area (Å²) < 4.78 is 5.11. The molecule has 2 nitrogen and oxygen atoms in total. The van der Waals surface area contributed by atoms with Gasteiger partial charge < -0.3 is 4.74 Å². The molecule has 1 aliphatic heterocycles. The van der Waals surface area contributed by atoms with Crippen molar-refractivity contribution < 1.29 is 9.53 Å². The lowest BCUT2D eigenvalue weighted by Crippen LogP contribution is -2.05. The number of fused-ring (bicyclic) bond motifs is 1. The molecule has 0 amide bonds. The molecular formula is C10H10O2. The van der Waals surface area contributed by atoms with E-state index in [-0.39, 0.29) is 11.9 Å². The minimum Gasteiger partial charge on any atom is -0.425 e. The summed E-state index contributed by atoms with van der Waals surface area (Å²) in [6, 6.07) is 5.84. The van der Waals surface area contributed by atoms with Crippen molar-refractivity contribution in [3.63, 3.8) is 0 Å². The number of hydrogen-bond acceptors (Lipinski definition) is 2. The molecule has 0 fully saturated rings. The zero-order chi connectivity index (χ0) is 8.72. The van der Waals surface area contributed by atoms with Gasteiger partial charge in [-0.3, -0.25) is 4.79 Å². The van der Waals surface area contributed by atoms with E-state index in [4.69, 9.17) is 4.74 Å². The predicted molar refractivity (Wildman–Crippen MR) is 45.2 cm³/mol. The van der Waals surface area contributed by atoms with Gasteiger partial charge in [-0.1, -0.05) is 18.2 Å². The number of rotatable bonds is 0. The summed E-state index contributed by atoms with van der Waals surface area (Å²) in [5, 5.41) is 0. The molecule has 0 spiro atoms. The quantitative estimate of drug-likeness (QED) is 0.431. The molecule has 0 bridgehead atoms. The maximum Gasteiger partial charge on any atom is 0.318 e. The van der Waals surface area contributed by atoms with E-state index < -0.39 is 0 Å². The van der Waals surface area contributed by atoms with Crippen LogP contribution in [0.3, 0.4) is 0 Å². The molecular weight excluding hydrogens is 152 g/mol. The Bertz CT molecular complexity index is 342. The highest BCUT2D eigenvalue weighted by Crippen LogP contribution is 2.36. The van der Waals surface area contributed by atoms with Gasteiger partial charge in [-0.15, -0.1) is 0 Å². The van der Waals surface area contributed by atoms with Gasteiger partial charge >= 0.3 is 5.97 Å². The second-order valence-corrected chi connectivity index (χ2v) is 3.14. The predicted octanol–water partition coefficient (Wildman–Crippen LogP) is 2.02. The van der Waals surface area contributed by atoms with E-state index >= 15 is 0 Å². The molecule has 1 aromatic rings. The fourth-order valence-electron chi connectivity index (χ4n) is 1.47. The average Bonchev–Trinajstić information content (AvgIpc) is 2.32. The van der Waals surface area contributed by atoms with Gasteiger partial charge in [-0.2, -0.15) is 0 Å². The number of benzene rings is 1. The lowest BCUT2D eigenvalue weighted by molar-refractivity contribution is -0.133. The van der Waals surface area contributed by atoms with Gasteiger partial charge in [0.1, 0.15) is 5.75 Å². The number of carbonyl (C=O) groups is 1. The summed E-state index contributed by atoms with van der Waals surface area (Å²) in [5.74, 6) is 0.522. The molecule has 0 saturated heterocycles. The molecule has 1 aliphatic rings. The van der Waals surface area contributed by atoms with E-state index in [1.807, 2.05) is 32.0 Å². The summed E-state index contributed by atoms with van der Waals surface area (Å²) in [6.45, 7) is 3.82. The minimum absolute atomic E-state index is 0.0973. The fourth-order valence-corrected chi connectivity index (χ4v) is 1.47. The SMILES string of the molecule is Cc1cccc2c1OC(=O)C2C. The maximum atomic E-state index is 11.2. The van der Waals surface area contributed by atoms with Gasteiger partial charge in [-0.25, -0.2) is 0 Å². The highest BCUT2D eigenvalue weighted by Gasteiger charge is 2.29. The first-order chi connectivity index (χ1) is 5.70. The Kier molecular flexibility index (Phi) is 1.43. The number of aryl methyl sites for hydroxylation is 1. The molecule has 0 radical (unpaired) electrons. The Balaban J connectivity index is 2.60. The molecule has 12 heavy (non-hydrogen) atoms. The smallest absolute Gasteiger partial charge is 0.318 e. The zero-order valence-corrected chi connectivity index (χ0v) is 7.13. The highest BCUT2D eigenvalue weighted by molar-refractivity contribution is 5.86. The molecule has 0 aliphatic carbocycles. The molecule has 2 rings (SSSR count). The van der Waals surface area contributed by atoms with Gasteiger partial charge in [-0.05, 0) is 19.4 Å². The molecule has 2 heteroatoms. The van der Waals surface area contributed by atoms with Gasteiger partial charge in [0.25, 0.3) is 0 Å². The van der Waals surface area contributed by atoms with Crippen LogP contribution in [0.15, 0.2) is 18.2 Å². The number of carbonyl (C=O) groups excluding carboxylic acids is 1. The van der Waals surface area contributed by atoms with Crippen LogP contribution in [-0.2, 0) is 4.79 Å². The summed E-state index contributed by atoms with van der Waals surface area (Å²) >= 11 is 0. The summed E-state index contributed by atoms with van der Waals surface area (Å²) in [4.78, 5) is 11.2. The van der Waals surface area contributed by atoms with Crippen LogP contribution >= 0.6 is 0 Å².